The van der Waals surface area contributed by atoms with Gasteiger partial charge in [-0.25, -0.2) is 9.67 Å². The number of thioether (sulfide) groups is 1. The van der Waals surface area contributed by atoms with Crippen molar-refractivity contribution in [2.75, 3.05) is 7.11 Å². The number of ether oxygens (including phenoxy) is 1. The number of oxime groups is 1. The van der Waals surface area contributed by atoms with Gasteiger partial charge in [0, 0.05) is 23.9 Å². The van der Waals surface area contributed by atoms with Crippen molar-refractivity contribution in [3.8, 4) is 5.75 Å². The summed E-state index contributed by atoms with van der Waals surface area (Å²) in [6, 6.07) is 5.36. The van der Waals surface area contributed by atoms with Crippen LogP contribution in [0.25, 0.3) is 0 Å². The maximum atomic E-state index is 8.73. The first-order valence-electron chi connectivity index (χ1n) is 5.77. The van der Waals surface area contributed by atoms with Gasteiger partial charge in [-0.15, -0.1) is 0 Å². The second-order valence-electron chi connectivity index (χ2n) is 3.97. The second-order valence-corrected chi connectivity index (χ2v) is 4.91. The lowest BCUT2D eigenvalue weighted by atomic mass is 10.1. The fourth-order valence-corrected chi connectivity index (χ4v) is 2.53. The average Bonchev–Trinajstić information content (AvgIpc) is 2.89. The van der Waals surface area contributed by atoms with Gasteiger partial charge >= 0.3 is 0 Å². The van der Waals surface area contributed by atoms with Gasteiger partial charge in [0.15, 0.2) is 11.0 Å². The van der Waals surface area contributed by atoms with Crippen LogP contribution in [0.5, 0.6) is 5.75 Å². The van der Waals surface area contributed by atoms with Crippen LogP contribution in [-0.2, 0) is 12.8 Å². The van der Waals surface area contributed by atoms with Gasteiger partial charge in [0.25, 0.3) is 0 Å². The van der Waals surface area contributed by atoms with Crippen LogP contribution in [0.1, 0.15) is 11.1 Å². The summed E-state index contributed by atoms with van der Waals surface area (Å²) in [5.74, 6) is 1.45. The Morgan fingerprint density at radius 2 is 2.35 bits per heavy atom. The minimum atomic E-state index is 0.0672. The van der Waals surface area contributed by atoms with Crippen LogP contribution in [0.3, 0.4) is 0 Å². The first kappa shape index (κ1) is 14.2. The van der Waals surface area contributed by atoms with Crippen LogP contribution < -0.4 is 10.5 Å². The highest BCUT2D eigenvalue weighted by Gasteiger charge is 2.09. The molecule has 0 spiro atoms. The molecule has 7 nitrogen and oxygen atoms in total. The van der Waals surface area contributed by atoms with Gasteiger partial charge in [0.2, 0.25) is 0 Å². The first-order valence-corrected chi connectivity index (χ1v) is 6.76. The summed E-state index contributed by atoms with van der Waals surface area (Å²) in [7, 11) is 3.44. The Balaban J connectivity index is 2.22. The van der Waals surface area contributed by atoms with Gasteiger partial charge < -0.3 is 15.7 Å². The van der Waals surface area contributed by atoms with E-state index in [2.05, 4.69) is 15.2 Å². The van der Waals surface area contributed by atoms with E-state index >= 15 is 0 Å². The molecule has 2 aromatic rings. The smallest absolute Gasteiger partial charge is 0.186 e. The summed E-state index contributed by atoms with van der Waals surface area (Å²) in [6.07, 6.45) is 1.51. The number of nitrogens with two attached hydrogens (primary N) is 1. The molecule has 0 bridgehead atoms. The third-order valence-corrected chi connectivity index (χ3v) is 3.79. The average molecular weight is 293 g/mol. The molecular formula is C12H15N5O2S. The maximum Gasteiger partial charge on any atom is 0.186 e. The fraction of sp³-hybridized carbons (Fsp3) is 0.250. The van der Waals surface area contributed by atoms with Crippen molar-refractivity contribution < 1.29 is 9.94 Å². The number of benzene rings is 1. The quantitative estimate of drug-likeness (QED) is 0.283. The normalized spacial score (nSPS) is 11.6. The summed E-state index contributed by atoms with van der Waals surface area (Å²) in [4.78, 5) is 4.15. The van der Waals surface area contributed by atoms with E-state index in [0.29, 0.717) is 11.3 Å². The number of hydrogen-bond acceptors (Lipinski definition) is 6. The van der Waals surface area contributed by atoms with E-state index in [1.54, 1.807) is 23.9 Å². The summed E-state index contributed by atoms with van der Waals surface area (Å²) >= 11 is 1.53. The monoisotopic (exact) mass is 293 g/mol. The lowest BCUT2D eigenvalue weighted by Crippen LogP contribution is -2.13. The molecule has 3 N–H and O–H groups in total. The molecule has 0 radical (unpaired) electrons. The number of hydrogen-bond donors (Lipinski definition) is 2. The van der Waals surface area contributed by atoms with Crippen LogP contribution in [0.2, 0.25) is 0 Å². The molecule has 20 heavy (non-hydrogen) atoms. The molecule has 2 rings (SSSR count). The predicted molar refractivity (Wildman–Crippen MR) is 76.1 cm³/mol. The number of amidine groups is 1. The molecule has 0 fully saturated rings. The number of methoxy groups -OCH3 is 1. The van der Waals surface area contributed by atoms with E-state index in [1.807, 2.05) is 13.1 Å². The van der Waals surface area contributed by atoms with Crippen molar-refractivity contribution in [1.82, 2.24) is 14.8 Å². The zero-order chi connectivity index (χ0) is 14.5. The summed E-state index contributed by atoms with van der Waals surface area (Å²) in [6.45, 7) is 0. The Morgan fingerprint density at radius 1 is 1.55 bits per heavy atom. The number of aromatic nitrogens is 3. The van der Waals surface area contributed by atoms with Crippen molar-refractivity contribution in [2.45, 2.75) is 10.9 Å². The van der Waals surface area contributed by atoms with E-state index in [1.165, 1.54) is 18.1 Å². The zero-order valence-corrected chi connectivity index (χ0v) is 12.0. The number of aryl methyl sites for hydroxylation is 1. The summed E-state index contributed by atoms with van der Waals surface area (Å²) in [5, 5.41) is 16.5. The van der Waals surface area contributed by atoms with Crippen molar-refractivity contribution in [2.24, 2.45) is 17.9 Å². The predicted octanol–water partition coefficient (Wildman–Crippen LogP) is 1.21. The lowest BCUT2D eigenvalue weighted by molar-refractivity contribution is 0.318. The van der Waals surface area contributed by atoms with Crippen LogP contribution in [0.4, 0.5) is 0 Å². The van der Waals surface area contributed by atoms with Gasteiger partial charge in [-0.05, 0) is 18.2 Å². The SMILES string of the molecule is COc1ccc(/C(N)=N/O)cc1CSc1ncnn1C. The lowest BCUT2D eigenvalue weighted by Gasteiger charge is -2.10. The highest BCUT2D eigenvalue weighted by molar-refractivity contribution is 7.98. The third kappa shape index (κ3) is 3.02. The van der Waals surface area contributed by atoms with Gasteiger partial charge in [-0.1, -0.05) is 16.9 Å². The largest absolute Gasteiger partial charge is 0.496 e. The first-order chi connectivity index (χ1) is 9.65. The molecule has 8 heteroatoms. The molecule has 0 atom stereocenters. The van der Waals surface area contributed by atoms with Crippen molar-refractivity contribution in [1.29, 1.82) is 0 Å². The Labute approximate surface area is 120 Å². The zero-order valence-electron chi connectivity index (χ0n) is 11.1. The van der Waals surface area contributed by atoms with Crippen molar-refractivity contribution in [3.63, 3.8) is 0 Å². The topological polar surface area (TPSA) is 98.6 Å². The Bertz CT molecular complexity index is 626. The molecular weight excluding hydrogens is 278 g/mol. The molecule has 106 valence electrons. The third-order valence-electron chi connectivity index (χ3n) is 2.71. The highest BCUT2D eigenvalue weighted by atomic mass is 32.2. The summed E-state index contributed by atoms with van der Waals surface area (Å²) < 4.78 is 7.01. The molecule has 0 aliphatic heterocycles. The molecule has 0 saturated heterocycles. The van der Waals surface area contributed by atoms with Gasteiger partial charge in [0.1, 0.15) is 12.1 Å². The standard InChI is InChI=1S/C12H15N5O2S/c1-17-12(14-7-15-17)20-6-9-5-8(11(13)16-18)3-4-10(9)19-2/h3-5,7,18H,6H2,1-2H3,(H2,13,16). The minimum absolute atomic E-state index is 0.0672. The number of rotatable bonds is 5. The Hall–Kier alpha value is -2.22. The molecule has 0 aliphatic carbocycles. The van der Waals surface area contributed by atoms with Crippen LogP contribution in [-0.4, -0.2) is 32.9 Å². The van der Waals surface area contributed by atoms with Crippen LogP contribution >= 0.6 is 11.8 Å². The van der Waals surface area contributed by atoms with Crippen LogP contribution in [0, 0.1) is 0 Å². The van der Waals surface area contributed by atoms with E-state index in [9.17, 15) is 0 Å². The molecule has 1 heterocycles. The van der Waals surface area contributed by atoms with Crippen LogP contribution in [0.15, 0.2) is 34.8 Å². The van der Waals surface area contributed by atoms with E-state index in [4.69, 9.17) is 15.7 Å². The van der Waals surface area contributed by atoms with E-state index in [-0.39, 0.29) is 5.84 Å². The molecule has 0 amide bonds. The fourth-order valence-electron chi connectivity index (χ4n) is 1.67. The maximum absolute atomic E-state index is 8.73. The highest BCUT2D eigenvalue weighted by Crippen LogP contribution is 2.27. The molecule has 0 saturated carbocycles. The van der Waals surface area contributed by atoms with Gasteiger partial charge in [0.05, 0.1) is 7.11 Å². The van der Waals surface area contributed by atoms with Gasteiger partial charge in [-0.3, -0.25) is 0 Å². The van der Waals surface area contributed by atoms with Gasteiger partial charge in [-0.2, -0.15) is 5.10 Å². The molecule has 1 aromatic carbocycles. The number of nitrogens with zero attached hydrogens (tertiary/aromatic N) is 4. The van der Waals surface area contributed by atoms with E-state index in [0.717, 1.165) is 16.5 Å². The van der Waals surface area contributed by atoms with E-state index < -0.39 is 0 Å². The second kappa shape index (κ2) is 6.29. The van der Waals surface area contributed by atoms with Crippen molar-refractivity contribution in [3.05, 3.63) is 35.7 Å². The van der Waals surface area contributed by atoms with Crippen molar-refractivity contribution >= 4 is 17.6 Å². The minimum Gasteiger partial charge on any atom is -0.496 e. The molecule has 0 aliphatic rings. The molecule has 1 aromatic heterocycles. The summed E-state index contributed by atoms with van der Waals surface area (Å²) in [5.41, 5.74) is 7.17. The molecule has 0 unspecified atom stereocenters. The Morgan fingerprint density at radius 3 is 2.95 bits per heavy atom. The Kier molecular flexibility index (Phi) is 4.46.